The third kappa shape index (κ3) is 5.07. The Hall–Kier alpha value is -2.33. The van der Waals surface area contributed by atoms with Crippen LogP contribution in [0.5, 0.6) is 0 Å². The summed E-state index contributed by atoms with van der Waals surface area (Å²) in [6.07, 6.45) is 1.04. The summed E-state index contributed by atoms with van der Waals surface area (Å²) in [6.45, 7) is 5.90. The molecule has 0 bridgehead atoms. The molecule has 2 aromatic carbocycles. The summed E-state index contributed by atoms with van der Waals surface area (Å²) >= 11 is 5.92. The molecule has 2 aromatic rings. The van der Waals surface area contributed by atoms with Crippen LogP contribution in [0, 0.1) is 6.92 Å². The molecule has 0 aromatic heterocycles. The molecule has 1 N–H and O–H groups in total. The Kier molecular flexibility index (Phi) is 6.59. The van der Waals surface area contributed by atoms with Gasteiger partial charge in [0.25, 0.3) is 0 Å². The van der Waals surface area contributed by atoms with Crippen LogP contribution in [0.3, 0.4) is 0 Å². The van der Waals surface area contributed by atoms with Crippen LogP contribution < -0.4 is 10.2 Å². The van der Waals surface area contributed by atoms with E-state index in [1.54, 1.807) is 29.2 Å². The van der Waals surface area contributed by atoms with Gasteiger partial charge in [0.2, 0.25) is 11.8 Å². The SMILES string of the molecule is CCc1cccc(C)c1N(CCC(=O)Nc1cccc(Cl)c1)C(C)=O. The maximum absolute atomic E-state index is 12.2. The van der Waals surface area contributed by atoms with E-state index >= 15 is 0 Å². The minimum absolute atomic E-state index is 0.0699. The number of amides is 2. The highest BCUT2D eigenvalue weighted by atomic mass is 35.5. The second kappa shape index (κ2) is 8.67. The number of nitrogens with zero attached hydrogens (tertiary/aromatic N) is 1. The first-order valence-corrected chi connectivity index (χ1v) is 8.72. The predicted octanol–water partition coefficient (Wildman–Crippen LogP) is 4.59. The van der Waals surface area contributed by atoms with Crippen molar-refractivity contribution < 1.29 is 9.59 Å². The lowest BCUT2D eigenvalue weighted by molar-refractivity contribution is -0.117. The van der Waals surface area contributed by atoms with Gasteiger partial charge in [-0.05, 0) is 42.7 Å². The van der Waals surface area contributed by atoms with Crippen LogP contribution in [0.15, 0.2) is 42.5 Å². The molecule has 5 heteroatoms. The Balaban J connectivity index is 2.10. The molecule has 4 nitrogen and oxygen atoms in total. The van der Waals surface area contributed by atoms with Crippen LogP contribution in [0.1, 0.15) is 31.4 Å². The first kappa shape index (κ1) is 19.0. The van der Waals surface area contributed by atoms with Gasteiger partial charge >= 0.3 is 0 Å². The molecule has 132 valence electrons. The maximum Gasteiger partial charge on any atom is 0.226 e. The summed E-state index contributed by atoms with van der Waals surface area (Å²) in [7, 11) is 0. The fourth-order valence-electron chi connectivity index (χ4n) is 2.82. The third-order valence-corrected chi connectivity index (χ3v) is 4.26. The van der Waals surface area contributed by atoms with Crippen LogP contribution in [-0.2, 0) is 16.0 Å². The van der Waals surface area contributed by atoms with E-state index in [9.17, 15) is 9.59 Å². The molecule has 0 fully saturated rings. The molecule has 0 saturated heterocycles. The van der Waals surface area contributed by atoms with Gasteiger partial charge in [0.1, 0.15) is 0 Å². The van der Waals surface area contributed by atoms with Gasteiger partial charge in [0.05, 0.1) is 0 Å². The molecular weight excluding hydrogens is 336 g/mol. The lowest BCUT2D eigenvalue weighted by Gasteiger charge is -2.25. The van der Waals surface area contributed by atoms with E-state index in [4.69, 9.17) is 11.6 Å². The molecule has 0 atom stereocenters. The maximum atomic E-state index is 12.2. The molecular formula is C20H23ClN2O2. The zero-order chi connectivity index (χ0) is 18.4. The highest BCUT2D eigenvalue weighted by Crippen LogP contribution is 2.26. The van der Waals surface area contributed by atoms with Gasteiger partial charge in [-0.3, -0.25) is 9.59 Å². The van der Waals surface area contributed by atoms with Gasteiger partial charge in [-0.1, -0.05) is 42.8 Å². The topological polar surface area (TPSA) is 49.4 Å². The Morgan fingerprint density at radius 1 is 1.16 bits per heavy atom. The lowest BCUT2D eigenvalue weighted by Crippen LogP contribution is -2.33. The largest absolute Gasteiger partial charge is 0.326 e. The van der Waals surface area contributed by atoms with Crippen LogP contribution >= 0.6 is 11.6 Å². The van der Waals surface area contributed by atoms with E-state index in [0.29, 0.717) is 17.3 Å². The molecule has 0 aliphatic heterocycles. The monoisotopic (exact) mass is 358 g/mol. The molecule has 2 amide bonds. The summed E-state index contributed by atoms with van der Waals surface area (Å²) < 4.78 is 0. The Morgan fingerprint density at radius 2 is 1.88 bits per heavy atom. The van der Waals surface area contributed by atoms with Crippen LogP contribution in [0.25, 0.3) is 0 Å². The van der Waals surface area contributed by atoms with Crippen molar-refractivity contribution in [3.63, 3.8) is 0 Å². The molecule has 0 spiro atoms. The Morgan fingerprint density at radius 3 is 2.52 bits per heavy atom. The van der Waals surface area contributed by atoms with E-state index in [2.05, 4.69) is 12.2 Å². The van der Waals surface area contributed by atoms with E-state index in [0.717, 1.165) is 23.2 Å². The standard InChI is InChI=1S/C20H23ClN2O2/c1-4-16-8-5-7-14(2)20(16)23(15(3)24)12-11-19(25)22-18-10-6-9-17(21)13-18/h5-10,13H,4,11-12H2,1-3H3,(H,22,25). The summed E-state index contributed by atoms with van der Waals surface area (Å²) in [5.74, 6) is -0.222. The molecule has 0 aliphatic carbocycles. The van der Waals surface area contributed by atoms with Crippen LogP contribution in [0.2, 0.25) is 5.02 Å². The van der Waals surface area contributed by atoms with Crippen molar-refractivity contribution in [2.24, 2.45) is 0 Å². The summed E-state index contributed by atoms with van der Waals surface area (Å²) in [4.78, 5) is 26.1. The first-order valence-electron chi connectivity index (χ1n) is 8.34. The smallest absolute Gasteiger partial charge is 0.226 e. The number of rotatable bonds is 6. The average Bonchev–Trinajstić information content (AvgIpc) is 2.55. The molecule has 0 heterocycles. The number of carbonyl (C=O) groups excluding carboxylic acids is 2. The Bertz CT molecular complexity index is 774. The number of carbonyl (C=O) groups is 2. The molecule has 0 saturated carbocycles. The summed E-state index contributed by atoms with van der Waals surface area (Å²) in [5.41, 5.74) is 3.69. The van der Waals surface area contributed by atoms with Crippen LogP contribution in [0.4, 0.5) is 11.4 Å². The van der Waals surface area contributed by atoms with Gasteiger partial charge in [0.15, 0.2) is 0 Å². The Labute approximate surface area is 153 Å². The second-order valence-corrected chi connectivity index (χ2v) is 6.35. The van der Waals surface area contributed by atoms with Crippen molar-refractivity contribution in [2.75, 3.05) is 16.8 Å². The zero-order valence-corrected chi connectivity index (χ0v) is 15.6. The van der Waals surface area contributed by atoms with Gasteiger partial charge in [-0.2, -0.15) is 0 Å². The molecule has 0 unspecified atom stereocenters. The number of anilines is 2. The zero-order valence-electron chi connectivity index (χ0n) is 14.8. The predicted molar refractivity (Wildman–Crippen MR) is 103 cm³/mol. The van der Waals surface area contributed by atoms with Crippen LogP contribution in [-0.4, -0.2) is 18.4 Å². The highest BCUT2D eigenvalue weighted by molar-refractivity contribution is 6.30. The molecule has 2 rings (SSSR count). The highest BCUT2D eigenvalue weighted by Gasteiger charge is 2.18. The molecule has 25 heavy (non-hydrogen) atoms. The van der Waals surface area contributed by atoms with Crippen molar-refractivity contribution in [1.82, 2.24) is 0 Å². The van der Waals surface area contributed by atoms with Gasteiger partial charge in [-0.15, -0.1) is 0 Å². The number of halogens is 1. The quantitative estimate of drug-likeness (QED) is 0.820. The second-order valence-electron chi connectivity index (χ2n) is 5.92. The number of benzene rings is 2. The van der Waals surface area contributed by atoms with E-state index < -0.39 is 0 Å². The van der Waals surface area contributed by atoms with Gasteiger partial charge < -0.3 is 10.2 Å². The van der Waals surface area contributed by atoms with Gasteiger partial charge in [0, 0.05) is 36.3 Å². The fraction of sp³-hybridized carbons (Fsp3) is 0.300. The van der Waals surface area contributed by atoms with Crippen molar-refractivity contribution >= 4 is 34.8 Å². The number of hydrogen-bond acceptors (Lipinski definition) is 2. The van der Waals surface area contributed by atoms with E-state index in [1.165, 1.54) is 6.92 Å². The van der Waals surface area contributed by atoms with Crippen molar-refractivity contribution in [2.45, 2.75) is 33.6 Å². The first-order chi connectivity index (χ1) is 11.9. The average molecular weight is 359 g/mol. The number of nitrogens with one attached hydrogen (secondary N) is 1. The van der Waals surface area contributed by atoms with Crippen molar-refractivity contribution in [3.8, 4) is 0 Å². The van der Waals surface area contributed by atoms with E-state index in [1.807, 2.05) is 25.1 Å². The number of hydrogen-bond donors (Lipinski definition) is 1. The molecule has 0 radical (unpaired) electrons. The van der Waals surface area contributed by atoms with E-state index in [-0.39, 0.29) is 18.2 Å². The van der Waals surface area contributed by atoms with Crippen molar-refractivity contribution in [1.29, 1.82) is 0 Å². The fourth-order valence-corrected chi connectivity index (χ4v) is 3.01. The number of aryl methyl sites for hydroxylation is 2. The van der Waals surface area contributed by atoms with Gasteiger partial charge in [-0.25, -0.2) is 0 Å². The normalized spacial score (nSPS) is 10.4. The summed E-state index contributed by atoms with van der Waals surface area (Å²) in [6, 6.07) is 13.0. The lowest BCUT2D eigenvalue weighted by atomic mass is 10.0. The third-order valence-electron chi connectivity index (χ3n) is 4.02. The number of para-hydroxylation sites is 1. The summed E-state index contributed by atoms with van der Waals surface area (Å²) in [5, 5.41) is 3.38. The minimum Gasteiger partial charge on any atom is -0.326 e. The minimum atomic E-state index is -0.153. The van der Waals surface area contributed by atoms with Crippen molar-refractivity contribution in [3.05, 3.63) is 58.6 Å². The molecule has 0 aliphatic rings.